The summed E-state index contributed by atoms with van der Waals surface area (Å²) in [5, 5.41) is 17.9. The molecular weight excluding hydrogens is 576 g/mol. The summed E-state index contributed by atoms with van der Waals surface area (Å²) in [6.07, 6.45) is 3.40. The molecule has 0 aliphatic rings. The molecule has 5 rings (SSSR count). The zero-order valence-electron chi connectivity index (χ0n) is 23.5. The molecule has 4 aromatic carbocycles. The van der Waals surface area contributed by atoms with Crippen molar-refractivity contribution in [1.29, 1.82) is 0 Å². The molecule has 10 heteroatoms. The average Bonchev–Trinajstić information content (AvgIpc) is 3.44. The minimum atomic E-state index is -1.08. The molecule has 44 heavy (non-hydrogen) atoms. The van der Waals surface area contributed by atoms with E-state index in [1.807, 2.05) is 30.3 Å². The van der Waals surface area contributed by atoms with Gasteiger partial charge in [-0.25, -0.2) is 4.79 Å². The van der Waals surface area contributed by atoms with E-state index in [2.05, 4.69) is 20.9 Å². The number of H-pyrrole nitrogens is 1. The molecule has 1 heterocycles. The molecule has 1 unspecified atom stereocenters. The summed E-state index contributed by atoms with van der Waals surface area (Å²) >= 11 is 1.28. The lowest BCUT2D eigenvalue weighted by Gasteiger charge is -2.14. The van der Waals surface area contributed by atoms with Gasteiger partial charge in [0.2, 0.25) is 5.91 Å². The molecule has 5 N–H and O–H groups in total. The molecule has 0 bridgehead atoms. The first kappa shape index (κ1) is 29.9. The van der Waals surface area contributed by atoms with Gasteiger partial charge in [-0.15, -0.1) is 11.8 Å². The molecule has 5 aromatic rings. The Morgan fingerprint density at radius 2 is 1.48 bits per heavy atom. The van der Waals surface area contributed by atoms with E-state index >= 15 is 0 Å². The predicted octanol–water partition coefficient (Wildman–Crippen LogP) is 6.40. The van der Waals surface area contributed by atoms with Crippen LogP contribution in [0.1, 0.15) is 33.2 Å². The number of aromatic amines is 1. The molecule has 0 saturated carbocycles. The molecular formula is C34H28N4O5S. The summed E-state index contributed by atoms with van der Waals surface area (Å²) in [5.74, 6) is -2.34. The summed E-state index contributed by atoms with van der Waals surface area (Å²) in [5.41, 5.74) is 3.02. The number of carbonyl (C=O) groups is 4. The highest BCUT2D eigenvalue weighted by atomic mass is 32.2. The van der Waals surface area contributed by atoms with Crippen molar-refractivity contribution in [3.63, 3.8) is 0 Å². The van der Waals surface area contributed by atoms with Gasteiger partial charge in [0.25, 0.3) is 11.8 Å². The molecule has 0 saturated heterocycles. The van der Waals surface area contributed by atoms with Crippen LogP contribution in [-0.2, 0) is 9.59 Å². The second-order valence-corrected chi connectivity index (χ2v) is 11.2. The number of aromatic nitrogens is 1. The lowest BCUT2D eigenvalue weighted by molar-refractivity contribution is -0.115. The van der Waals surface area contributed by atoms with Gasteiger partial charge in [0, 0.05) is 44.5 Å². The lowest BCUT2D eigenvalue weighted by atomic mass is 10.1. The van der Waals surface area contributed by atoms with Crippen LogP contribution in [0.5, 0.6) is 0 Å². The molecule has 0 spiro atoms. The van der Waals surface area contributed by atoms with Gasteiger partial charge in [0.15, 0.2) is 0 Å². The molecule has 0 radical (unpaired) electrons. The Kier molecular flexibility index (Phi) is 9.22. The van der Waals surface area contributed by atoms with E-state index in [-0.39, 0.29) is 17.2 Å². The number of hydrogen-bond acceptors (Lipinski definition) is 5. The number of carbonyl (C=O) groups excluding carboxylic acids is 3. The minimum absolute atomic E-state index is 0.0537. The normalized spacial score (nSPS) is 11.9. The van der Waals surface area contributed by atoms with Gasteiger partial charge in [-0.1, -0.05) is 48.5 Å². The average molecular weight is 605 g/mol. The number of hydrogen-bond donors (Lipinski definition) is 5. The zero-order valence-corrected chi connectivity index (χ0v) is 24.4. The van der Waals surface area contributed by atoms with Gasteiger partial charge < -0.3 is 26.0 Å². The topological polar surface area (TPSA) is 140 Å². The Morgan fingerprint density at radius 1 is 0.795 bits per heavy atom. The fourth-order valence-corrected chi connectivity index (χ4v) is 5.31. The maximum Gasteiger partial charge on any atom is 0.335 e. The molecule has 0 aliphatic carbocycles. The first-order chi connectivity index (χ1) is 21.3. The van der Waals surface area contributed by atoms with Gasteiger partial charge in [0.05, 0.1) is 10.8 Å². The van der Waals surface area contributed by atoms with Crippen molar-refractivity contribution in [1.82, 2.24) is 10.3 Å². The van der Waals surface area contributed by atoms with Crippen LogP contribution in [0.25, 0.3) is 17.0 Å². The lowest BCUT2D eigenvalue weighted by Crippen LogP contribution is -2.30. The summed E-state index contributed by atoms with van der Waals surface area (Å²) in [7, 11) is 0. The number of fused-ring (bicyclic) bond motifs is 1. The van der Waals surface area contributed by atoms with Crippen LogP contribution in [0.15, 0.2) is 120 Å². The van der Waals surface area contributed by atoms with Gasteiger partial charge >= 0.3 is 5.97 Å². The summed E-state index contributed by atoms with van der Waals surface area (Å²) < 4.78 is 0. The molecule has 0 fully saturated rings. The Labute approximate surface area is 257 Å². The van der Waals surface area contributed by atoms with Crippen molar-refractivity contribution in [2.45, 2.75) is 17.1 Å². The van der Waals surface area contributed by atoms with E-state index in [1.54, 1.807) is 79.9 Å². The fraction of sp³-hybridized carbons (Fsp3) is 0.0588. The third-order valence-corrected chi connectivity index (χ3v) is 7.69. The van der Waals surface area contributed by atoms with E-state index in [1.165, 1.54) is 23.9 Å². The van der Waals surface area contributed by atoms with Crippen LogP contribution < -0.4 is 16.0 Å². The predicted molar refractivity (Wildman–Crippen MR) is 173 cm³/mol. The number of thioether (sulfide) groups is 1. The van der Waals surface area contributed by atoms with Gasteiger partial charge in [-0.3, -0.25) is 14.4 Å². The number of rotatable bonds is 10. The van der Waals surface area contributed by atoms with Gasteiger partial charge in [-0.05, 0) is 67.6 Å². The van der Waals surface area contributed by atoms with Crippen molar-refractivity contribution >= 4 is 63.8 Å². The second kappa shape index (κ2) is 13.6. The van der Waals surface area contributed by atoms with E-state index < -0.39 is 23.0 Å². The minimum Gasteiger partial charge on any atom is -0.478 e. The van der Waals surface area contributed by atoms with Crippen LogP contribution in [0.4, 0.5) is 11.4 Å². The van der Waals surface area contributed by atoms with Crippen LogP contribution in [-0.4, -0.2) is 39.0 Å². The first-order valence-corrected chi connectivity index (χ1v) is 14.5. The largest absolute Gasteiger partial charge is 0.478 e. The SMILES string of the molecule is CC(Sc1cccc(NC(=O)/C(=C/c2c[nH]c3ccccc23)NC(=O)c2ccccc2)c1)C(=O)Nc1cccc(C(=O)O)c1. The molecule has 220 valence electrons. The van der Waals surface area contributed by atoms with Crippen molar-refractivity contribution in [3.05, 3.63) is 132 Å². The number of para-hydroxylation sites is 1. The van der Waals surface area contributed by atoms with Crippen LogP contribution in [0.3, 0.4) is 0 Å². The Bertz CT molecular complexity index is 1880. The number of aromatic carboxylic acids is 1. The highest BCUT2D eigenvalue weighted by Crippen LogP contribution is 2.27. The van der Waals surface area contributed by atoms with Crippen LogP contribution >= 0.6 is 11.8 Å². The highest BCUT2D eigenvalue weighted by Gasteiger charge is 2.18. The Morgan fingerprint density at radius 3 is 2.25 bits per heavy atom. The standard InChI is InChI=1S/C34H28N4O5S/c1-21(31(39)36-25-12-7-11-23(17-25)34(42)43)44-27-14-8-13-26(19-27)37-33(41)30(38-32(40)22-9-3-2-4-10-22)18-24-20-35-29-16-6-5-15-28(24)29/h2-21,35H,1H3,(H,36,39)(H,37,41)(H,38,40)(H,42,43)/b30-18-. The Hall–Kier alpha value is -5.61. The summed E-state index contributed by atoms with van der Waals surface area (Å²) in [4.78, 5) is 54.5. The third-order valence-electron chi connectivity index (χ3n) is 6.60. The summed E-state index contributed by atoms with van der Waals surface area (Å²) in [6.45, 7) is 1.73. The Balaban J connectivity index is 1.32. The molecule has 1 aromatic heterocycles. The number of amides is 3. The number of carboxylic acid groups (broad SMARTS) is 1. The molecule has 3 amide bonds. The van der Waals surface area contributed by atoms with E-state index in [9.17, 15) is 24.3 Å². The van der Waals surface area contributed by atoms with Crippen molar-refractivity contribution in [3.8, 4) is 0 Å². The third kappa shape index (κ3) is 7.42. The quantitative estimate of drug-likeness (QED) is 0.0924. The van der Waals surface area contributed by atoms with E-state index in [4.69, 9.17) is 0 Å². The zero-order chi connectivity index (χ0) is 31.1. The number of anilines is 2. The molecule has 1 atom stereocenters. The van der Waals surface area contributed by atoms with Gasteiger partial charge in [-0.2, -0.15) is 0 Å². The van der Waals surface area contributed by atoms with Crippen molar-refractivity contribution in [2.75, 3.05) is 10.6 Å². The fourth-order valence-electron chi connectivity index (χ4n) is 4.39. The monoisotopic (exact) mass is 604 g/mol. The van der Waals surface area contributed by atoms with E-state index in [0.717, 1.165) is 21.4 Å². The van der Waals surface area contributed by atoms with Crippen molar-refractivity contribution in [2.24, 2.45) is 0 Å². The molecule has 9 nitrogen and oxygen atoms in total. The van der Waals surface area contributed by atoms with Crippen molar-refractivity contribution < 1.29 is 24.3 Å². The number of benzene rings is 4. The van der Waals surface area contributed by atoms with Gasteiger partial charge in [0.1, 0.15) is 5.70 Å². The van der Waals surface area contributed by atoms with Crippen LogP contribution in [0, 0.1) is 0 Å². The smallest absolute Gasteiger partial charge is 0.335 e. The van der Waals surface area contributed by atoms with E-state index in [0.29, 0.717) is 16.9 Å². The highest BCUT2D eigenvalue weighted by molar-refractivity contribution is 8.00. The maximum absolute atomic E-state index is 13.5. The second-order valence-electron chi connectivity index (χ2n) is 9.79. The maximum atomic E-state index is 13.5. The number of carboxylic acids is 1. The van der Waals surface area contributed by atoms with Crippen LogP contribution in [0.2, 0.25) is 0 Å². The molecule has 0 aliphatic heterocycles. The number of nitrogens with one attached hydrogen (secondary N) is 4. The first-order valence-electron chi connectivity index (χ1n) is 13.6. The summed E-state index contributed by atoms with van der Waals surface area (Å²) in [6, 6.07) is 29.3.